The molecule has 1 aliphatic heterocycles. The number of fused-ring (bicyclic) bond motifs is 1. The molecule has 3 rings (SSSR count). The molecule has 1 aromatic heterocycles. The Morgan fingerprint density at radius 1 is 1.33 bits per heavy atom. The highest BCUT2D eigenvalue weighted by Crippen LogP contribution is 2.27. The third-order valence-corrected chi connectivity index (χ3v) is 4.90. The maximum absolute atomic E-state index is 12.5. The maximum Gasteiger partial charge on any atom is 0.321 e. The molecule has 1 aliphatic carbocycles. The van der Waals surface area contributed by atoms with Gasteiger partial charge in [-0.25, -0.2) is 4.79 Å². The molecular weight excluding hydrogens is 308 g/mol. The average Bonchev–Trinajstić information content (AvgIpc) is 2.96. The Hall–Kier alpha value is -2.15. The lowest BCUT2D eigenvalue weighted by atomic mass is 9.95. The number of β-amino-alcohol motifs (C(OH)–C–C–N with tert-alkyl or cyclic N) is 1. The number of pyridine rings is 1. The predicted molar refractivity (Wildman–Crippen MR) is 89.7 cm³/mol. The van der Waals surface area contributed by atoms with Crippen molar-refractivity contribution in [2.45, 2.75) is 38.2 Å². The first-order valence-corrected chi connectivity index (χ1v) is 8.50. The number of rotatable bonds is 3. The number of aliphatic hydroxyl groups excluding tert-OH is 1. The van der Waals surface area contributed by atoms with E-state index in [4.69, 9.17) is 0 Å². The van der Waals surface area contributed by atoms with Gasteiger partial charge in [0.05, 0.1) is 6.10 Å². The Balaban J connectivity index is 1.65. The molecule has 0 unspecified atom stereocenters. The molecule has 1 saturated heterocycles. The summed E-state index contributed by atoms with van der Waals surface area (Å²) in [6.07, 6.45) is 5.42. The minimum absolute atomic E-state index is 0.121. The number of carbonyl (C=O) groups is 2. The summed E-state index contributed by atoms with van der Waals surface area (Å²) in [5.74, 6) is -0.341. The highest BCUT2D eigenvalue weighted by Gasteiger charge is 2.35. The minimum atomic E-state index is -0.667. The zero-order valence-corrected chi connectivity index (χ0v) is 13.9. The molecule has 0 aromatic carbocycles. The molecule has 3 N–H and O–H groups in total. The van der Waals surface area contributed by atoms with Crippen LogP contribution in [0.1, 0.15) is 30.5 Å². The molecule has 1 fully saturated rings. The number of aliphatic hydroxyl groups is 1. The third kappa shape index (κ3) is 3.51. The van der Waals surface area contributed by atoms with Crippen molar-refractivity contribution >= 4 is 17.6 Å². The Bertz CT molecular complexity index is 634. The maximum atomic E-state index is 12.5. The third-order valence-electron chi connectivity index (χ3n) is 4.90. The summed E-state index contributed by atoms with van der Waals surface area (Å²) in [6, 6.07) is 1.60. The monoisotopic (exact) mass is 332 g/mol. The number of aryl methyl sites for hydroxylation is 1. The summed E-state index contributed by atoms with van der Waals surface area (Å²) < 4.78 is 0. The predicted octanol–water partition coefficient (Wildman–Crippen LogP) is 0.921. The summed E-state index contributed by atoms with van der Waals surface area (Å²) in [6.45, 7) is 0.633. The SMILES string of the molecule is CNC(=O)C[C@@H]1CN(C(=O)Nc2ccnc3c2CCCC3)C[C@H]1O. The van der Waals surface area contributed by atoms with Crippen LogP contribution in [0.3, 0.4) is 0 Å². The van der Waals surface area contributed by atoms with Gasteiger partial charge in [0.2, 0.25) is 5.91 Å². The first-order chi connectivity index (χ1) is 11.6. The number of carbonyl (C=O) groups excluding carboxylic acids is 2. The van der Waals surface area contributed by atoms with Crippen molar-refractivity contribution in [2.24, 2.45) is 5.92 Å². The second-order valence-electron chi connectivity index (χ2n) is 6.53. The lowest BCUT2D eigenvalue weighted by molar-refractivity contribution is -0.122. The fourth-order valence-corrected chi connectivity index (χ4v) is 3.50. The molecule has 2 atom stereocenters. The molecule has 2 aliphatic rings. The van der Waals surface area contributed by atoms with Gasteiger partial charge < -0.3 is 20.6 Å². The van der Waals surface area contributed by atoms with E-state index in [9.17, 15) is 14.7 Å². The van der Waals surface area contributed by atoms with Crippen LogP contribution in [0, 0.1) is 5.92 Å². The second-order valence-corrected chi connectivity index (χ2v) is 6.53. The quantitative estimate of drug-likeness (QED) is 0.767. The second kappa shape index (κ2) is 7.17. The Morgan fingerprint density at radius 2 is 2.12 bits per heavy atom. The van der Waals surface area contributed by atoms with E-state index in [0.29, 0.717) is 6.54 Å². The van der Waals surface area contributed by atoms with Gasteiger partial charge in [0.15, 0.2) is 0 Å². The van der Waals surface area contributed by atoms with Gasteiger partial charge in [-0.1, -0.05) is 0 Å². The van der Waals surface area contributed by atoms with E-state index in [-0.39, 0.29) is 30.8 Å². The van der Waals surface area contributed by atoms with Crippen LogP contribution in [-0.4, -0.2) is 53.2 Å². The van der Waals surface area contributed by atoms with Crippen LogP contribution in [-0.2, 0) is 17.6 Å². The highest BCUT2D eigenvalue weighted by atomic mass is 16.3. The number of urea groups is 1. The molecule has 0 bridgehead atoms. The number of anilines is 1. The lowest BCUT2D eigenvalue weighted by Crippen LogP contribution is -2.34. The van der Waals surface area contributed by atoms with Gasteiger partial charge >= 0.3 is 6.03 Å². The van der Waals surface area contributed by atoms with Crippen molar-refractivity contribution in [2.75, 3.05) is 25.5 Å². The van der Waals surface area contributed by atoms with Crippen molar-refractivity contribution in [1.82, 2.24) is 15.2 Å². The van der Waals surface area contributed by atoms with E-state index in [1.807, 2.05) is 6.07 Å². The van der Waals surface area contributed by atoms with Crippen molar-refractivity contribution in [3.8, 4) is 0 Å². The van der Waals surface area contributed by atoms with Crippen LogP contribution in [0.2, 0.25) is 0 Å². The Labute approximate surface area is 141 Å². The first-order valence-electron chi connectivity index (χ1n) is 8.50. The molecule has 1 aromatic rings. The van der Waals surface area contributed by atoms with Gasteiger partial charge in [0.25, 0.3) is 0 Å². The van der Waals surface area contributed by atoms with Gasteiger partial charge in [-0.15, -0.1) is 0 Å². The van der Waals surface area contributed by atoms with Crippen molar-refractivity contribution < 1.29 is 14.7 Å². The number of amides is 3. The number of nitrogens with one attached hydrogen (secondary N) is 2. The summed E-state index contributed by atoms with van der Waals surface area (Å²) in [5, 5.41) is 15.6. The van der Waals surface area contributed by atoms with Crippen molar-refractivity contribution in [3.05, 3.63) is 23.5 Å². The van der Waals surface area contributed by atoms with Gasteiger partial charge in [0, 0.05) is 50.1 Å². The molecule has 0 radical (unpaired) electrons. The number of nitrogens with zero attached hydrogens (tertiary/aromatic N) is 2. The van der Waals surface area contributed by atoms with Crippen LogP contribution in [0.25, 0.3) is 0 Å². The number of hydrogen-bond acceptors (Lipinski definition) is 4. The van der Waals surface area contributed by atoms with Crippen LogP contribution < -0.4 is 10.6 Å². The molecule has 3 amide bonds. The fraction of sp³-hybridized carbons (Fsp3) is 0.588. The Kier molecular flexibility index (Phi) is 4.99. The van der Waals surface area contributed by atoms with Gasteiger partial charge in [-0.2, -0.15) is 0 Å². The van der Waals surface area contributed by atoms with Crippen LogP contribution in [0.4, 0.5) is 10.5 Å². The van der Waals surface area contributed by atoms with E-state index in [1.54, 1.807) is 18.1 Å². The van der Waals surface area contributed by atoms with Gasteiger partial charge in [-0.05, 0) is 37.3 Å². The molecule has 24 heavy (non-hydrogen) atoms. The van der Waals surface area contributed by atoms with Gasteiger partial charge in [-0.3, -0.25) is 9.78 Å². The minimum Gasteiger partial charge on any atom is -0.391 e. The molecule has 2 heterocycles. The van der Waals surface area contributed by atoms with E-state index in [1.165, 1.54) is 0 Å². The molecule has 0 saturated carbocycles. The lowest BCUT2D eigenvalue weighted by Gasteiger charge is -2.21. The van der Waals surface area contributed by atoms with E-state index >= 15 is 0 Å². The average molecular weight is 332 g/mol. The smallest absolute Gasteiger partial charge is 0.321 e. The fourth-order valence-electron chi connectivity index (χ4n) is 3.50. The van der Waals surface area contributed by atoms with Crippen LogP contribution in [0.15, 0.2) is 12.3 Å². The number of hydrogen-bond donors (Lipinski definition) is 3. The van der Waals surface area contributed by atoms with Crippen LogP contribution >= 0.6 is 0 Å². The molecule has 7 heteroatoms. The Morgan fingerprint density at radius 3 is 2.92 bits per heavy atom. The first kappa shape index (κ1) is 16.7. The normalized spacial score (nSPS) is 22.8. The van der Waals surface area contributed by atoms with Gasteiger partial charge in [0.1, 0.15) is 0 Å². The van der Waals surface area contributed by atoms with Crippen LogP contribution in [0.5, 0.6) is 0 Å². The topological polar surface area (TPSA) is 94.6 Å². The summed E-state index contributed by atoms with van der Waals surface area (Å²) in [5.41, 5.74) is 3.01. The number of aromatic nitrogens is 1. The molecule has 130 valence electrons. The number of likely N-dealkylation sites (tertiary alicyclic amines) is 1. The van der Waals surface area contributed by atoms with E-state index in [0.717, 1.165) is 42.6 Å². The van der Waals surface area contributed by atoms with E-state index < -0.39 is 6.10 Å². The summed E-state index contributed by atoms with van der Waals surface area (Å²) >= 11 is 0. The zero-order valence-electron chi connectivity index (χ0n) is 13.9. The van der Waals surface area contributed by atoms with E-state index in [2.05, 4.69) is 15.6 Å². The summed E-state index contributed by atoms with van der Waals surface area (Å²) in [7, 11) is 1.57. The molecule has 7 nitrogen and oxygen atoms in total. The summed E-state index contributed by atoms with van der Waals surface area (Å²) in [4.78, 5) is 30.0. The van der Waals surface area contributed by atoms with Crippen molar-refractivity contribution in [3.63, 3.8) is 0 Å². The highest BCUT2D eigenvalue weighted by molar-refractivity contribution is 5.90. The standard InChI is InChI=1S/C17H24N4O3/c1-18-16(23)8-11-9-21(10-15(11)22)17(24)20-14-6-7-19-13-5-3-2-4-12(13)14/h6-7,11,15,22H,2-5,8-10H2,1H3,(H,18,23)(H,19,20,24)/t11-,15-/m1/s1. The zero-order chi connectivity index (χ0) is 17.1. The molecular formula is C17H24N4O3. The van der Waals surface area contributed by atoms with Crippen molar-refractivity contribution in [1.29, 1.82) is 0 Å². The molecule has 0 spiro atoms. The largest absolute Gasteiger partial charge is 0.391 e.